The smallest absolute Gasteiger partial charge is 0.330 e. The van der Waals surface area contributed by atoms with E-state index in [9.17, 15) is 14.7 Å². The first-order chi connectivity index (χ1) is 8.58. The Hall–Kier alpha value is -1.44. The number of ether oxygens (including phenoxy) is 1. The molecule has 7 heteroatoms. The summed E-state index contributed by atoms with van der Waals surface area (Å²) < 4.78 is 6.82. The third-order valence-corrected chi connectivity index (χ3v) is 3.85. The normalized spacial score (nSPS) is 32.9. The number of aromatic amines is 1. The summed E-state index contributed by atoms with van der Waals surface area (Å²) in [6.45, 7) is -0.294. The van der Waals surface area contributed by atoms with Crippen molar-refractivity contribution in [1.29, 1.82) is 0 Å². The number of nitrogens with zero attached hydrogens (tertiary/aromatic N) is 1. The number of rotatable bonds is 2. The lowest BCUT2D eigenvalue weighted by Crippen LogP contribution is -2.35. The average Bonchev–Trinajstić information content (AvgIpc) is 3.07. The van der Waals surface area contributed by atoms with Crippen LogP contribution in [-0.2, 0) is 4.74 Å². The number of hydrogen-bond acceptors (Lipinski definition) is 5. The highest BCUT2D eigenvalue weighted by Crippen LogP contribution is 2.62. The van der Waals surface area contributed by atoms with E-state index in [4.69, 9.17) is 9.84 Å². The van der Waals surface area contributed by atoms with E-state index in [0.29, 0.717) is 0 Å². The molecular formula is C11H14N2O5. The van der Waals surface area contributed by atoms with Gasteiger partial charge in [-0.25, -0.2) is 4.79 Å². The molecule has 98 valence electrons. The van der Waals surface area contributed by atoms with Gasteiger partial charge in [-0.2, -0.15) is 0 Å². The van der Waals surface area contributed by atoms with Gasteiger partial charge in [0, 0.05) is 17.7 Å². The predicted octanol–water partition coefficient (Wildman–Crippen LogP) is -1.43. The Labute approximate surface area is 102 Å². The van der Waals surface area contributed by atoms with E-state index in [1.54, 1.807) is 0 Å². The fourth-order valence-corrected chi connectivity index (χ4v) is 2.68. The molecular weight excluding hydrogens is 240 g/mol. The second-order valence-corrected chi connectivity index (χ2v) is 4.90. The molecule has 7 nitrogen and oxygen atoms in total. The van der Waals surface area contributed by atoms with Crippen molar-refractivity contribution in [2.45, 2.75) is 31.3 Å². The molecule has 1 aromatic rings. The van der Waals surface area contributed by atoms with Gasteiger partial charge >= 0.3 is 5.69 Å². The zero-order valence-electron chi connectivity index (χ0n) is 9.57. The van der Waals surface area contributed by atoms with E-state index in [0.717, 1.165) is 12.8 Å². The lowest BCUT2D eigenvalue weighted by molar-refractivity contribution is -0.0491. The summed E-state index contributed by atoms with van der Waals surface area (Å²) in [7, 11) is 0. The van der Waals surface area contributed by atoms with Crippen molar-refractivity contribution in [3.63, 3.8) is 0 Å². The Bertz CT molecular complexity index is 573. The van der Waals surface area contributed by atoms with Crippen LogP contribution in [0.15, 0.2) is 21.9 Å². The molecule has 1 saturated carbocycles. The van der Waals surface area contributed by atoms with E-state index in [-0.39, 0.29) is 6.61 Å². The van der Waals surface area contributed by atoms with Gasteiger partial charge < -0.3 is 14.9 Å². The van der Waals surface area contributed by atoms with Crippen molar-refractivity contribution in [3.05, 3.63) is 33.1 Å². The molecule has 3 unspecified atom stereocenters. The van der Waals surface area contributed by atoms with E-state index >= 15 is 0 Å². The molecule has 3 N–H and O–H groups in total. The molecule has 18 heavy (non-hydrogen) atoms. The molecule has 2 aliphatic rings. The van der Waals surface area contributed by atoms with Crippen LogP contribution in [0.4, 0.5) is 0 Å². The molecule has 1 saturated heterocycles. The standard InChI is InChI=1S/C11H14N2O5/c14-5-6-8(16)11(2-3-11)9(18-6)13-4-1-7(15)12-10(13)17/h1,4,6,8-9,14,16H,2-3,5H2,(H,12,15,17). The van der Waals surface area contributed by atoms with Crippen molar-refractivity contribution in [2.24, 2.45) is 5.41 Å². The Kier molecular flexibility index (Phi) is 2.44. The highest BCUT2D eigenvalue weighted by Gasteiger charge is 2.64. The van der Waals surface area contributed by atoms with Crippen LogP contribution in [0.5, 0.6) is 0 Å². The van der Waals surface area contributed by atoms with E-state index in [1.807, 2.05) is 0 Å². The number of aliphatic hydroxyl groups is 2. The van der Waals surface area contributed by atoms with Crippen LogP contribution in [0.25, 0.3) is 0 Å². The van der Waals surface area contributed by atoms with Crippen LogP contribution in [0.1, 0.15) is 19.1 Å². The largest absolute Gasteiger partial charge is 0.394 e. The van der Waals surface area contributed by atoms with E-state index in [1.165, 1.54) is 16.8 Å². The highest BCUT2D eigenvalue weighted by molar-refractivity contribution is 5.10. The van der Waals surface area contributed by atoms with Crippen molar-refractivity contribution >= 4 is 0 Å². The number of H-pyrrole nitrogens is 1. The minimum Gasteiger partial charge on any atom is -0.394 e. The average molecular weight is 254 g/mol. The molecule has 1 spiro atoms. The summed E-state index contributed by atoms with van der Waals surface area (Å²) in [5.74, 6) is 0. The first-order valence-corrected chi connectivity index (χ1v) is 5.84. The molecule has 3 rings (SSSR count). The summed E-state index contributed by atoms with van der Waals surface area (Å²) in [6, 6.07) is 1.24. The fourth-order valence-electron chi connectivity index (χ4n) is 2.68. The summed E-state index contributed by atoms with van der Waals surface area (Å²) in [6.07, 6.45) is 0.733. The highest BCUT2D eigenvalue weighted by atomic mass is 16.5. The van der Waals surface area contributed by atoms with Crippen molar-refractivity contribution in [3.8, 4) is 0 Å². The first-order valence-electron chi connectivity index (χ1n) is 5.84. The van der Waals surface area contributed by atoms with Gasteiger partial charge in [0.1, 0.15) is 12.3 Å². The second-order valence-electron chi connectivity index (χ2n) is 4.90. The summed E-state index contributed by atoms with van der Waals surface area (Å²) in [4.78, 5) is 24.9. The quantitative estimate of drug-likeness (QED) is 0.600. The van der Waals surface area contributed by atoms with Crippen molar-refractivity contribution in [2.75, 3.05) is 6.61 Å². The summed E-state index contributed by atoms with van der Waals surface area (Å²) >= 11 is 0. The fraction of sp³-hybridized carbons (Fsp3) is 0.636. The first kappa shape index (κ1) is 11.6. The zero-order chi connectivity index (χ0) is 12.9. The topological polar surface area (TPSA) is 105 Å². The van der Waals surface area contributed by atoms with Crippen LogP contribution < -0.4 is 11.2 Å². The Morgan fingerprint density at radius 3 is 2.78 bits per heavy atom. The molecule has 1 aliphatic heterocycles. The number of aromatic nitrogens is 2. The van der Waals surface area contributed by atoms with Crippen LogP contribution >= 0.6 is 0 Å². The van der Waals surface area contributed by atoms with Gasteiger partial charge in [0.2, 0.25) is 0 Å². The van der Waals surface area contributed by atoms with Gasteiger partial charge in [0.25, 0.3) is 5.56 Å². The molecule has 0 aromatic carbocycles. The maximum absolute atomic E-state index is 11.7. The van der Waals surface area contributed by atoms with Crippen LogP contribution in [0.3, 0.4) is 0 Å². The van der Waals surface area contributed by atoms with Crippen LogP contribution in [0.2, 0.25) is 0 Å². The van der Waals surface area contributed by atoms with Crippen LogP contribution in [0, 0.1) is 5.41 Å². The predicted molar refractivity (Wildman–Crippen MR) is 60.0 cm³/mol. The van der Waals surface area contributed by atoms with Crippen LogP contribution in [-0.4, -0.2) is 38.6 Å². The molecule has 0 amide bonds. The SMILES string of the molecule is O=c1ccn(C2OC(CO)C(O)C23CC3)c(=O)[nH]1. The monoisotopic (exact) mass is 254 g/mol. The van der Waals surface area contributed by atoms with E-state index in [2.05, 4.69) is 4.98 Å². The number of hydrogen-bond donors (Lipinski definition) is 3. The Balaban J connectivity index is 2.02. The van der Waals surface area contributed by atoms with Gasteiger partial charge in [-0.3, -0.25) is 14.3 Å². The summed E-state index contributed by atoms with van der Waals surface area (Å²) in [5, 5.41) is 19.2. The molecule has 0 bridgehead atoms. The number of nitrogens with one attached hydrogen (secondary N) is 1. The molecule has 1 aromatic heterocycles. The molecule has 2 fully saturated rings. The van der Waals surface area contributed by atoms with Crippen molar-refractivity contribution < 1.29 is 14.9 Å². The van der Waals surface area contributed by atoms with Gasteiger partial charge in [-0.05, 0) is 12.8 Å². The minimum atomic E-state index is -0.786. The van der Waals surface area contributed by atoms with Gasteiger partial charge in [-0.15, -0.1) is 0 Å². The van der Waals surface area contributed by atoms with E-state index < -0.39 is 35.1 Å². The molecule has 1 aliphatic carbocycles. The van der Waals surface area contributed by atoms with Gasteiger partial charge in [0.05, 0.1) is 12.7 Å². The lowest BCUT2D eigenvalue weighted by Gasteiger charge is -2.20. The van der Waals surface area contributed by atoms with Crippen molar-refractivity contribution in [1.82, 2.24) is 9.55 Å². The zero-order valence-corrected chi connectivity index (χ0v) is 9.57. The van der Waals surface area contributed by atoms with Gasteiger partial charge in [0.15, 0.2) is 0 Å². The van der Waals surface area contributed by atoms with Gasteiger partial charge in [-0.1, -0.05) is 0 Å². The third kappa shape index (κ3) is 1.48. The lowest BCUT2D eigenvalue weighted by atomic mass is 9.96. The molecule has 3 atom stereocenters. The maximum Gasteiger partial charge on any atom is 0.330 e. The molecule has 2 heterocycles. The Morgan fingerprint density at radius 2 is 2.22 bits per heavy atom. The Morgan fingerprint density at radius 1 is 1.50 bits per heavy atom. The summed E-state index contributed by atoms with van der Waals surface area (Å²) in [5.41, 5.74) is -1.54. The number of aliphatic hydroxyl groups excluding tert-OH is 2. The third-order valence-electron chi connectivity index (χ3n) is 3.85. The maximum atomic E-state index is 11.7. The molecule has 0 radical (unpaired) electrons. The second kappa shape index (κ2) is 3.78. The minimum absolute atomic E-state index is 0.294.